The third kappa shape index (κ3) is 3.39. The number of carbonyl (C=O) groups is 1. The molecule has 2 heterocycles. The van der Waals surface area contributed by atoms with Gasteiger partial charge in [0.05, 0.1) is 11.5 Å². The van der Waals surface area contributed by atoms with Crippen LogP contribution in [0.15, 0.2) is 16.7 Å². The average Bonchev–Trinajstić information content (AvgIpc) is 2.63. The molecule has 1 aromatic heterocycles. The molecule has 1 aromatic rings. The summed E-state index contributed by atoms with van der Waals surface area (Å²) < 4.78 is 25.8. The number of aryl methyl sites for hydroxylation is 1. The molecule has 0 saturated carbocycles. The Morgan fingerprint density at radius 2 is 2.11 bits per heavy atom. The van der Waals surface area contributed by atoms with Gasteiger partial charge in [-0.25, -0.2) is 8.42 Å². The molecule has 0 radical (unpaired) electrons. The van der Waals surface area contributed by atoms with Gasteiger partial charge in [-0.2, -0.15) is 0 Å². The molecule has 1 saturated heterocycles. The van der Waals surface area contributed by atoms with Crippen LogP contribution in [0.1, 0.15) is 23.8 Å². The summed E-state index contributed by atoms with van der Waals surface area (Å²) in [7, 11) is -2.99. The van der Waals surface area contributed by atoms with Crippen molar-refractivity contribution in [2.24, 2.45) is 0 Å². The second-order valence-corrected chi connectivity index (χ2v) is 7.85. The van der Waals surface area contributed by atoms with E-state index in [2.05, 4.69) is 15.9 Å². The maximum absolute atomic E-state index is 12.4. The van der Waals surface area contributed by atoms with Gasteiger partial charge in [0.2, 0.25) is 0 Å². The molecule has 2 rings (SSSR count). The molecule has 0 atom stereocenters. The Kier molecular flexibility index (Phi) is 4.35. The van der Waals surface area contributed by atoms with Gasteiger partial charge in [0.1, 0.15) is 5.69 Å². The molecule has 0 N–H and O–H groups in total. The first-order chi connectivity index (χ1) is 8.93. The van der Waals surface area contributed by atoms with Crippen LogP contribution in [0.2, 0.25) is 0 Å². The molecule has 19 heavy (non-hydrogen) atoms. The van der Waals surface area contributed by atoms with Crippen LogP contribution in [-0.2, 0) is 16.4 Å². The van der Waals surface area contributed by atoms with Crippen LogP contribution in [0.4, 0.5) is 0 Å². The van der Waals surface area contributed by atoms with Gasteiger partial charge in [-0.05, 0) is 35.3 Å². The minimum Gasteiger partial charge on any atom is -0.343 e. The highest BCUT2D eigenvalue weighted by molar-refractivity contribution is 9.10. The summed E-state index contributed by atoms with van der Waals surface area (Å²) in [4.78, 5) is 14.1. The van der Waals surface area contributed by atoms with Gasteiger partial charge in [0.25, 0.3) is 5.91 Å². The molecule has 0 unspecified atom stereocenters. The summed E-state index contributed by atoms with van der Waals surface area (Å²) >= 11 is 3.36. The fraction of sp³-hybridized carbons (Fsp3) is 0.583. The zero-order chi connectivity index (χ0) is 14.0. The molecule has 7 heteroatoms. The zero-order valence-electron chi connectivity index (χ0n) is 10.8. The quantitative estimate of drug-likeness (QED) is 0.814. The lowest BCUT2D eigenvalue weighted by molar-refractivity contribution is 0.0758. The van der Waals surface area contributed by atoms with Gasteiger partial charge in [0.15, 0.2) is 9.84 Å². The number of rotatable bonds is 2. The second-order valence-electron chi connectivity index (χ2n) is 4.63. The van der Waals surface area contributed by atoms with E-state index < -0.39 is 9.84 Å². The highest BCUT2D eigenvalue weighted by Crippen LogP contribution is 2.18. The molecular formula is C12H17BrN2O3S. The van der Waals surface area contributed by atoms with Crippen molar-refractivity contribution >= 4 is 31.7 Å². The van der Waals surface area contributed by atoms with Crippen molar-refractivity contribution in [3.8, 4) is 0 Å². The Morgan fingerprint density at radius 1 is 1.37 bits per heavy atom. The van der Waals surface area contributed by atoms with E-state index in [4.69, 9.17) is 0 Å². The SMILES string of the molecule is CCn1cc(Br)cc1C(=O)N1CCCS(=O)(=O)CC1. The third-order valence-corrected chi connectivity index (χ3v) is 5.41. The Balaban J connectivity index is 2.19. The van der Waals surface area contributed by atoms with Gasteiger partial charge in [-0.1, -0.05) is 0 Å². The summed E-state index contributed by atoms with van der Waals surface area (Å²) in [6, 6.07) is 1.78. The molecule has 0 bridgehead atoms. The molecule has 0 aromatic carbocycles. The third-order valence-electron chi connectivity index (χ3n) is 3.27. The first-order valence-electron chi connectivity index (χ1n) is 6.28. The number of carbonyl (C=O) groups excluding carboxylic acids is 1. The number of hydrogen-bond donors (Lipinski definition) is 0. The monoisotopic (exact) mass is 348 g/mol. The number of hydrogen-bond acceptors (Lipinski definition) is 3. The van der Waals surface area contributed by atoms with Crippen LogP contribution in [0.5, 0.6) is 0 Å². The molecule has 0 aliphatic carbocycles. The van der Waals surface area contributed by atoms with Crippen LogP contribution in [0, 0.1) is 0 Å². The van der Waals surface area contributed by atoms with E-state index in [0.717, 1.165) is 4.47 Å². The topological polar surface area (TPSA) is 59.4 Å². The van der Waals surface area contributed by atoms with Crippen molar-refractivity contribution in [1.82, 2.24) is 9.47 Å². The van der Waals surface area contributed by atoms with Crippen LogP contribution < -0.4 is 0 Å². The lowest BCUT2D eigenvalue weighted by Gasteiger charge is -2.20. The van der Waals surface area contributed by atoms with Gasteiger partial charge in [0, 0.05) is 30.3 Å². The van der Waals surface area contributed by atoms with E-state index in [1.54, 1.807) is 11.0 Å². The zero-order valence-corrected chi connectivity index (χ0v) is 13.2. The lowest BCUT2D eigenvalue weighted by Crippen LogP contribution is -2.34. The Hall–Kier alpha value is -0.820. The van der Waals surface area contributed by atoms with Gasteiger partial charge >= 0.3 is 0 Å². The average molecular weight is 349 g/mol. The summed E-state index contributed by atoms with van der Waals surface area (Å²) in [5, 5.41) is 0. The minimum atomic E-state index is -2.99. The predicted molar refractivity (Wildman–Crippen MR) is 77.0 cm³/mol. The second kappa shape index (κ2) is 5.66. The van der Waals surface area contributed by atoms with Gasteiger partial charge < -0.3 is 9.47 Å². The Labute approximate surface area is 121 Å². The molecule has 106 valence electrons. The van der Waals surface area contributed by atoms with Gasteiger partial charge in [-0.3, -0.25) is 4.79 Å². The summed E-state index contributed by atoms with van der Waals surface area (Å²) in [6.07, 6.45) is 2.38. The number of nitrogens with zero attached hydrogens (tertiary/aromatic N) is 2. The van der Waals surface area contributed by atoms with Crippen molar-refractivity contribution in [3.63, 3.8) is 0 Å². The maximum atomic E-state index is 12.4. The smallest absolute Gasteiger partial charge is 0.270 e. The fourth-order valence-electron chi connectivity index (χ4n) is 2.22. The van der Waals surface area contributed by atoms with Crippen molar-refractivity contribution in [2.45, 2.75) is 19.9 Å². The lowest BCUT2D eigenvalue weighted by atomic mass is 10.3. The van der Waals surface area contributed by atoms with E-state index >= 15 is 0 Å². The van der Waals surface area contributed by atoms with Crippen LogP contribution in [0.3, 0.4) is 0 Å². The van der Waals surface area contributed by atoms with E-state index in [1.165, 1.54) is 0 Å². The van der Waals surface area contributed by atoms with E-state index in [-0.39, 0.29) is 24.0 Å². The van der Waals surface area contributed by atoms with E-state index in [0.29, 0.717) is 25.2 Å². The van der Waals surface area contributed by atoms with Crippen LogP contribution in [-0.4, -0.2) is 48.4 Å². The first-order valence-corrected chi connectivity index (χ1v) is 8.90. The Morgan fingerprint density at radius 3 is 2.79 bits per heavy atom. The normalized spacial score (nSPS) is 19.2. The van der Waals surface area contributed by atoms with Crippen LogP contribution in [0.25, 0.3) is 0 Å². The fourth-order valence-corrected chi connectivity index (χ4v) is 3.95. The van der Waals surface area contributed by atoms with Crippen molar-refractivity contribution < 1.29 is 13.2 Å². The van der Waals surface area contributed by atoms with Crippen molar-refractivity contribution in [1.29, 1.82) is 0 Å². The molecule has 1 aliphatic rings. The van der Waals surface area contributed by atoms with E-state index in [1.807, 2.05) is 17.7 Å². The first kappa shape index (κ1) is 14.6. The maximum Gasteiger partial charge on any atom is 0.270 e. The number of sulfone groups is 1. The highest BCUT2D eigenvalue weighted by atomic mass is 79.9. The molecular weight excluding hydrogens is 332 g/mol. The Bertz CT molecular complexity index is 580. The largest absolute Gasteiger partial charge is 0.343 e. The summed E-state index contributed by atoms with van der Waals surface area (Å²) in [5.41, 5.74) is 0.605. The molecule has 0 spiro atoms. The number of aromatic nitrogens is 1. The van der Waals surface area contributed by atoms with E-state index in [9.17, 15) is 13.2 Å². The van der Waals surface area contributed by atoms with Crippen molar-refractivity contribution in [3.05, 3.63) is 22.4 Å². The molecule has 1 aliphatic heterocycles. The molecule has 1 fully saturated rings. The summed E-state index contributed by atoms with van der Waals surface area (Å²) in [5.74, 6) is 0.145. The van der Waals surface area contributed by atoms with Crippen LogP contribution >= 0.6 is 15.9 Å². The molecule has 1 amide bonds. The minimum absolute atomic E-state index is 0.0622. The number of amides is 1. The molecule has 5 nitrogen and oxygen atoms in total. The summed E-state index contributed by atoms with van der Waals surface area (Å²) in [6.45, 7) is 3.47. The predicted octanol–water partition coefficient (Wildman–Crippen LogP) is 1.53. The number of halogens is 1. The highest BCUT2D eigenvalue weighted by Gasteiger charge is 2.25. The van der Waals surface area contributed by atoms with Gasteiger partial charge in [-0.15, -0.1) is 0 Å². The van der Waals surface area contributed by atoms with Crippen molar-refractivity contribution in [2.75, 3.05) is 24.6 Å². The standard InChI is InChI=1S/C12H17BrN2O3S/c1-2-14-9-10(13)8-11(14)12(16)15-4-3-6-19(17,18)7-5-15/h8-9H,2-7H2,1H3.